The first-order chi connectivity index (χ1) is 11.2. The number of hydrogen-bond donors (Lipinski definition) is 2. The number of H-pyrrole nitrogens is 1. The van der Waals surface area contributed by atoms with Crippen molar-refractivity contribution in [3.8, 4) is 0 Å². The van der Waals surface area contributed by atoms with Crippen LogP contribution in [0.25, 0.3) is 10.9 Å². The van der Waals surface area contributed by atoms with Crippen LogP contribution in [-0.4, -0.2) is 29.2 Å². The number of fused-ring (bicyclic) bond motifs is 1. The number of para-hydroxylation sites is 1. The minimum Gasteiger partial charge on any atom is -0.372 e. The molecule has 2 N–H and O–H groups in total. The fraction of sp³-hybridized carbons (Fsp3) is 0.222. The lowest BCUT2D eigenvalue weighted by Gasteiger charge is -2.21. The van der Waals surface area contributed by atoms with Crippen molar-refractivity contribution in [2.45, 2.75) is 13.8 Å². The van der Waals surface area contributed by atoms with E-state index >= 15 is 0 Å². The quantitative estimate of drug-likeness (QED) is 0.756. The van der Waals surface area contributed by atoms with Gasteiger partial charge in [-0.1, -0.05) is 18.2 Å². The molecule has 0 aliphatic heterocycles. The Labute approximate surface area is 135 Å². The highest BCUT2D eigenvalue weighted by Crippen LogP contribution is 2.20. The van der Waals surface area contributed by atoms with E-state index in [4.69, 9.17) is 0 Å². The predicted octanol–water partition coefficient (Wildman–Crippen LogP) is 3.66. The number of nitrogens with one attached hydrogen (secondary N) is 2. The third kappa shape index (κ3) is 3.04. The van der Waals surface area contributed by atoms with E-state index in [1.165, 1.54) is 0 Å². The van der Waals surface area contributed by atoms with E-state index in [0.29, 0.717) is 5.69 Å². The Bertz CT molecular complexity index is 803. The third-order valence-corrected chi connectivity index (χ3v) is 3.94. The summed E-state index contributed by atoms with van der Waals surface area (Å²) >= 11 is 0. The minimum atomic E-state index is -0.210. The molecule has 5 nitrogen and oxygen atoms in total. The molecule has 0 spiro atoms. The van der Waals surface area contributed by atoms with Crippen molar-refractivity contribution in [1.82, 2.24) is 10.2 Å². The van der Waals surface area contributed by atoms with Crippen molar-refractivity contribution in [3.63, 3.8) is 0 Å². The second-order valence-corrected chi connectivity index (χ2v) is 5.29. The number of benzene rings is 2. The van der Waals surface area contributed by atoms with Crippen LogP contribution in [0.1, 0.15) is 24.3 Å². The summed E-state index contributed by atoms with van der Waals surface area (Å²) in [6.07, 6.45) is 0. The maximum Gasteiger partial charge on any atom is 0.276 e. The van der Waals surface area contributed by atoms with Crippen LogP contribution in [0.2, 0.25) is 0 Å². The average Bonchev–Trinajstić information content (AvgIpc) is 3.01. The Morgan fingerprint density at radius 2 is 1.78 bits per heavy atom. The van der Waals surface area contributed by atoms with Gasteiger partial charge in [-0.15, -0.1) is 0 Å². The van der Waals surface area contributed by atoms with Crippen LogP contribution in [0.15, 0.2) is 48.5 Å². The molecule has 0 unspecified atom stereocenters. The molecule has 0 aliphatic carbocycles. The monoisotopic (exact) mass is 308 g/mol. The first-order valence-corrected chi connectivity index (χ1v) is 7.82. The zero-order valence-electron chi connectivity index (χ0n) is 13.3. The van der Waals surface area contributed by atoms with E-state index < -0.39 is 0 Å². The molecule has 0 aliphatic rings. The second kappa shape index (κ2) is 6.52. The van der Waals surface area contributed by atoms with Gasteiger partial charge >= 0.3 is 0 Å². The lowest BCUT2D eigenvalue weighted by Crippen LogP contribution is -2.21. The topological polar surface area (TPSA) is 61.0 Å². The largest absolute Gasteiger partial charge is 0.372 e. The molecule has 0 saturated heterocycles. The van der Waals surface area contributed by atoms with Crippen molar-refractivity contribution in [3.05, 3.63) is 54.2 Å². The second-order valence-electron chi connectivity index (χ2n) is 5.29. The molecule has 0 radical (unpaired) electrons. The van der Waals surface area contributed by atoms with Crippen LogP contribution < -0.4 is 10.2 Å². The van der Waals surface area contributed by atoms with E-state index in [9.17, 15) is 4.79 Å². The highest BCUT2D eigenvalue weighted by molar-refractivity contribution is 6.11. The molecule has 1 aromatic heterocycles. The number of carbonyl (C=O) groups excluding carboxylic acids is 1. The van der Waals surface area contributed by atoms with E-state index in [1.807, 2.05) is 48.5 Å². The number of rotatable bonds is 5. The van der Waals surface area contributed by atoms with Crippen molar-refractivity contribution < 1.29 is 4.79 Å². The number of anilines is 2. The van der Waals surface area contributed by atoms with Gasteiger partial charge in [0.2, 0.25) is 0 Å². The highest BCUT2D eigenvalue weighted by atomic mass is 16.1. The summed E-state index contributed by atoms with van der Waals surface area (Å²) in [5.41, 5.74) is 3.18. The van der Waals surface area contributed by atoms with Gasteiger partial charge in [0.1, 0.15) is 0 Å². The zero-order valence-corrected chi connectivity index (χ0v) is 13.3. The Balaban J connectivity index is 1.78. The van der Waals surface area contributed by atoms with Gasteiger partial charge < -0.3 is 10.2 Å². The molecule has 0 bridgehead atoms. The average molecular weight is 308 g/mol. The first-order valence-electron chi connectivity index (χ1n) is 7.82. The Hall–Kier alpha value is -2.82. The van der Waals surface area contributed by atoms with Crippen LogP contribution in [-0.2, 0) is 0 Å². The molecule has 5 heteroatoms. The summed E-state index contributed by atoms with van der Waals surface area (Å²) < 4.78 is 0. The molecule has 3 rings (SSSR count). The molecule has 0 fully saturated rings. The lowest BCUT2D eigenvalue weighted by molar-refractivity contribution is 0.102. The molecule has 0 atom stereocenters. The number of nitrogens with zero attached hydrogens (tertiary/aromatic N) is 2. The van der Waals surface area contributed by atoms with Gasteiger partial charge in [-0.3, -0.25) is 9.89 Å². The van der Waals surface area contributed by atoms with Gasteiger partial charge in [0.25, 0.3) is 5.91 Å². The molecule has 2 aromatic carbocycles. The van der Waals surface area contributed by atoms with E-state index in [1.54, 1.807) is 0 Å². The number of aromatic nitrogens is 2. The van der Waals surface area contributed by atoms with Gasteiger partial charge in [0, 0.05) is 29.9 Å². The smallest absolute Gasteiger partial charge is 0.276 e. The molecule has 0 saturated carbocycles. The fourth-order valence-electron chi connectivity index (χ4n) is 2.67. The zero-order chi connectivity index (χ0) is 16.2. The van der Waals surface area contributed by atoms with Crippen molar-refractivity contribution >= 4 is 28.2 Å². The summed E-state index contributed by atoms with van der Waals surface area (Å²) in [7, 11) is 0. The highest BCUT2D eigenvalue weighted by Gasteiger charge is 2.14. The normalized spacial score (nSPS) is 10.7. The summed E-state index contributed by atoms with van der Waals surface area (Å²) in [5, 5.41) is 10.7. The molecule has 1 heterocycles. The molecule has 3 aromatic rings. The molecule has 118 valence electrons. The molecular formula is C18H20N4O. The van der Waals surface area contributed by atoms with Crippen LogP contribution in [0.3, 0.4) is 0 Å². The van der Waals surface area contributed by atoms with Gasteiger partial charge in [-0.25, -0.2) is 0 Å². The Kier molecular flexibility index (Phi) is 4.28. The standard InChI is InChI=1S/C18H20N4O/c1-3-22(4-2)14-11-9-13(10-12-14)19-18(23)17-15-7-5-6-8-16(15)20-21-17/h5-12H,3-4H2,1-2H3,(H,19,23)(H,20,21). The summed E-state index contributed by atoms with van der Waals surface area (Å²) in [5.74, 6) is -0.210. The van der Waals surface area contributed by atoms with Crippen LogP contribution >= 0.6 is 0 Å². The van der Waals surface area contributed by atoms with E-state index in [2.05, 4.69) is 34.3 Å². The van der Waals surface area contributed by atoms with Crippen molar-refractivity contribution in [2.75, 3.05) is 23.3 Å². The van der Waals surface area contributed by atoms with E-state index in [-0.39, 0.29) is 5.91 Å². The van der Waals surface area contributed by atoms with Crippen LogP contribution in [0, 0.1) is 0 Å². The van der Waals surface area contributed by atoms with Crippen molar-refractivity contribution in [2.24, 2.45) is 0 Å². The summed E-state index contributed by atoms with van der Waals surface area (Å²) in [6.45, 7) is 6.17. The Morgan fingerprint density at radius 1 is 1.09 bits per heavy atom. The number of carbonyl (C=O) groups is 1. The van der Waals surface area contributed by atoms with Crippen LogP contribution in [0.4, 0.5) is 11.4 Å². The summed E-state index contributed by atoms with van der Waals surface area (Å²) in [4.78, 5) is 14.7. The number of aromatic amines is 1. The Morgan fingerprint density at radius 3 is 2.48 bits per heavy atom. The van der Waals surface area contributed by atoms with Gasteiger partial charge in [-0.2, -0.15) is 5.10 Å². The van der Waals surface area contributed by atoms with Gasteiger partial charge in [-0.05, 0) is 44.2 Å². The van der Waals surface area contributed by atoms with Crippen LogP contribution in [0.5, 0.6) is 0 Å². The predicted molar refractivity (Wildman–Crippen MR) is 94.0 cm³/mol. The number of amides is 1. The van der Waals surface area contributed by atoms with E-state index in [0.717, 1.165) is 35.4 Å². The summed E-state index contributed by atoms with van der Waals surface area (Å²) in [6, 6.07) is 15.5. The SMILES string of the molecule is CCN(CC)c1ccc(NC(=O)c2n[nH]c3ccccc23)cc1. The first kappa shape index (κ1) is 15.1. The maximum atomic E-state index is 12.4. The maximum absolute atomic E-state index is 12.4. The lowest BCUT2D eigenvalue weighted by atomic mass is 10.2. The fourth-order valence-corrected chi connectivity index (χ4v) is 2.67. The third-order valence-electron chi connectivity index (χ3n) is 3.94. The van der Waals surface area contributed by atoms with Gasteiger partial charge in [0.05, 0.1) is 5.52 Å². The molecule has 23 heavy (non-hydrogen) atoms. The molecular weight excluding hydrogens is 288 g/mol. The van der Waals surface area contributed by atoms with Crippen molar-refractivity contribution in [1.29, 1.82) is 0 Å². The number of hydrogen-bond acceptors (Lipinski definition) is 3. The molecule has 1 amide bonds. The van der Waals surface area contributed by atoms with Gasteiger partial charge in [0.15, 0.2) is 5.69 Å². The minimum absolute atomic E-state index is 0.210.